The van der Waals surface area contributed by atoms with Crippen LogP contribution in [0.15, 0.2) is 36.4 Å². The lowest BCUT2D eigenvalue weighted by molar-refractivity contribution is -0.139. The van der Waals surface area contributed by atoms with E-state index in [1.54, 1.807) is 12.0 Å². The summed E-state index contributed by atoms with van der Waals surface area (Å²) in [6, 6.07) is 11.2. The van der Waals surface area contributed by atoms with Crippen molar-refractivity contribution in [3.63, 3.8) is 0 Å². The third-order valence-corrected chi connectivity index (χ3v) is 5.96. The van der Waals surface area contributed by atoms with Gasteiger partial charge in [0.25, 0.3) is 0 Å². The van der Waals surface area contributed by atoms with Crippen molar-refractivity contribution in [3.05, 3.63) is 58.1 Å². The number of hydrogen-bond acceptors (Lipinski definition) is 4. The molecule has 6 heteroatoms. The van der Waals surface area contributed by atoms with Gasteiger partial charge in [0.05, 0.1) is 20.1 Å². The van der Waals surface area contributed by atoms with Crippen molar-refractivity contribution < 1.29 is 19.4 Å². The molecule has 3 rings (SSSR count). The maximum Gasteiger partial charge on any atom is 0.227 e. The number of likely N-dealkylation sites (tertiary alicyclic amines) is 1. The number of aliphatic hydroxyl groups is 1. The molecule has 1 heterocycles. The van der Waals surface area contributed by atoms with Crippen LogP contribution >= 0.6 is 11.6 Å². The van der Waals surface area contributed by atoms with E-state index in [1.807, 2.05) is 50.2 Å². The number of rotatable bonds is 6. The molecule has 0 bridgehead atoms. The molecule has 1 saturated heterocycles. The molecule has 1 amide bonds. The van der Waals surface area contributed by atoms with Crippen LogP contribution in [0.3, 0.4) is 0 Å². The second kappa shape index (κ2) is 9.06. The molecular formula is C23H28ClNO4. The van der Waals surface area contributed by atoms with Crippen molar-refractivity contribution in [3.8, 4) is 11.5 Å². The van der Waals surface area contributed by atoms with Crippen LogP contribution in [0.5, 0.6) is 11.5 Å². The predicted molar refractivity (Wildman–Crippen MR) is 114 cm³/mol. The lowest BCUT2D eigenvalue weighted by Gasteiger charge is -2.39. The van der Waals surface area contributed by atoms with Gasteiger partial charge in [0.15, 0.2) is 0 Å². The van der Waals surface area contributed by atoms with Crippen LogP contribution in [0.1, 0.15) is 29.5 Å². The SMILES string of the molecule is COc1ccccc1CC(=O)N1CCCC(O)(COc2cc(C)c(Cl)c(C)c2)C1. The van der Waals surface area contributed by atoms with Gasteiger partial charge in [-0.3, -0.25) is 4.79 Å². The minimum Gasteiger partial charge on any atom is -0.496 e. The van der Waals surface area contributed by atoms with Crippen molar-refractivity contribution >= 4 is 17.5 Å². The summed E-state index contributed by atoms with van der Waals surface area (Å²) in [7, 11) is 1.60. The van der Waals surface area contributed by atoms with E-state index in [-0.39, 0.29) is 25.5 Å². The Morgan fingerprint density at radius 1 is 1.24 bits per heavy atom. The molecule has 0 aromatic heterocycles. The smallest absolute Gasteiger partial charge is 0.227 e. The molecule has 1 unspecified atom stereocenters. The number of amides is 1. The zero-order valence-electron chi connectivity index (χ0n) is 17.2. The third-order valence-electron chi connectivity index (χ3n) is 5.36. The quantitative estimate of drug-likeness (QED) is 0.773. The van der Waals surface area contributed by atoms with Gasteiger partial charge in [-0.25, -0.2) is 0 Å². The highest BCUT2D eigenvalue weighted by Crippen LogP contribution is 2.28. The number of aryl methyl sites for hydroxylation is 2. The Kier molecular flexibility index (Phi) is 6.70. The van der Waals surface area contributed by atoms with Gasteiger partial charge >= 0.3 is 0 Å². The predicted octanol–water partition coefficient (Wildman–Crippen LogP) is 3.94. The Bertz CT molecular complexity index is 862. The van der Waals surface area contributed by atoms with Crippen LogP contribution in [0, 0.1) is 13.8 Å². The number of β-amino-alcohol motifs (C(OH)–C–C–N with tert-alkyl or cyclic N) is 1. The molecule has 156 valence electrons. The van der Waals surface area contributed by atoms with Gasteiger partial charge in [-0.15, -0.1) is 0 Å². The Hall–Kier alpha value is -2.24. The molecule has 0 aliphatic carbocycles. The molecule has 1 aliphatic rings. The van der Waals surface area contributed by atoms with E-state index in [0.29, 0.717) is 24.5 Å². The fraction of sp³-hybridized carbons (Fsp3) is 0.435. The highest BCUT2D eigenvalue weighted by atomic mass is 35.5. The van der Waals surface area contributed by atoms with Gasteiger partial charge in [-0.2, -0.15) is 0 Å². The molecule has 0 radical (unpaired) electrons. The lowest BCUT2D eigenvalue weighted by atomic mass is 9.93. The number of ether oxygens (including phenoxy) is 2. The van der Waals surface area contributed by atoms with Gasteiger partial charge in [-0.1, -0.05) is 29.8 Å². The first-order valence-corrected chi connectivity index (χ1v) is 10.2. The van der Waals surface area contributed by atoms with Crippen LogP contribution in [-0.4, -0.2) is 48.3 Å². The van der Waals surface area contributed by atoms with Crippen molar-refractivity contribution in [2.24, 2.45) is 0 Å². The molecule has 0 spiro atoms. The molecule has 1 aliphatic heterocycles. The zero-order chi connectivity index (χ0) is 21.0. The van der Waals surface area contributed by atoms with E-state index in [4.69, 9.17) is 21.1 Å². The van der Waals surface area contributed by atoms with Gasteiger partial charge in [0.1, 0.15) is 23.7 Å². The Morgan fingerprint density at radius 3 is 2.62 bits per heavy atom. The van der Waals surface area contributed by atoms with Crippen molar-refractivity contribution in [1.29, 1.82) is 0 Å². The highest BCUT2D eigenvalue weighted by molar-refractivity contribution is 6.32. The van der Waals surface area contributed by atoms with E-state index < -0.39 is 5.60 Å². The fourth-order valence-corrected chi connectivity index (χ4v) is 3.88. The summed E-state index contributed by atoms with van der Waals surface area (Å²) < 4.78 is 11.2. The molecule has 1 N–H and O–H groups in total. The minimum atomic E-state index is -1.07. The Balaban J connectivity index is 1.63. The number of hydrogen-bond donors (Lipinski definition) is 1. The first kappa shape index (κ1) is 21.5. The molecule has 2 aromatic carbocycles. The molecule has 1 fully saturated rings. The summed E-state index contributed by atoms with van der Waals surface area (Å²) in [5.74, 6) is 1.35. The fourth-order valence-electron chi connectivity index (χ4n) is 3.77. The Morgan fingerprint density at radius 2 is 1.93 bits per heavy atom. The average Bonchev–Trinajstić information content (AvgIpc) is 2.71. The second-order valence-electron chi connectivity index (χ2n) is 7.79. The average molecular weight is 418 g/mol. The Labute approximate surface area is 177 Å². The number of halogens is 1. The maximum absolute atomic E-state index is 12.8. The van der Waals surface area contributed by atoms with Crippen molar-refractivity contribution in [1.82, 2.24) is 4.90 Å². The summed E-state index contributed by atoms with van der Waals surface area (Å²) in [6.45, 7) is 4.87. The van der Waals surface area contributed by atoms with Crippen LogP contribution in [0.2, 0.25) is 5.02 Å². The van der Waals surface area contributed by atoms with E-state index in [0.717, 1.165) is 28.1 Å². The van der Waals surface area contributed by atoms with E-state index >= 15 is 0 Å². The van der Waals surface area contributed by atoms with Crippen LogP contribution in [0.25, 0.3) is 0 Å². The number of para-hydroxylation sites is 1. The third kappa shape index (κ3) is 5.22. The first-order valence-electron chi connectivity index (χ1n) is 9.83. The number of methoxy groups -OCH3 is 1. The molecule has 29 heavy (non-hydrogen) atoms. The van der Waals surface area contributed by atoms with Crippen molar-refractivity contribution in [2.45, 2.75) is 38.7 Å². The molecule has 2 aromatic rings. The maximum atomic E-state index is 12.8. The summed E-state index contributed by atoms with van der Waals surface area (Å²) in [6.07, 6.45) is 1.57. The number of nitrogens with zero attached hydrogens (tertiary/aromatic N) is 1. The lowest BCUT2D eigenvalue weighted by Crippen LogP contribution is -2.53. The number of carbonyl (C=O) groups excluding carboxylic acids is 1. The summed E-state index contributed by atoms with van der Waals surface area (Å²) in [5.41, 5.74) is 1.64. The first-order chi connectivity index (χ1) is 13.8. The second-order valence-corrected chi connectivity index (χ2v) is 8.17. The molecular weight excluding hydrogens is 390 g/mol. The molecule has 1 atom stereocenters. The van der Waals surface area contributed by atoms with Gasteiger partial charge in [0, 0.05) is 17.1 Å². The minimum absolute atomic E-state index is 0.0224. The summed E-state index contributed by atoms with van der Waals surface area (Å²) in [5, 5.41) is 11.8. The summed E-state index contributed by atoms with van der Waals surface area (Å²) >= 11 is 6.21. The standard InChI is InChI=1S/C23H28ClNO4/c1-16-11-19(12-17(2)22(16)24)29-15-23(27)9-6-10-25(14-23)21(26)13-18-7-4-5-8-20(18)28-3/h4-5,7-8,11-12,27H,6,9-10,13-15H2,1-3H3. The van der Waals surface area contributed by atoms with Crippen molar-refractivity contribution in [2.75, 3.05) is 26.8 Å². The number of benzene rings is 2. The van der Waals surface area contributed by atoms with Crippen LogP contribution in [0.4, 0.5) is 0 Å². The van der Waals surface area contributed by atoms with E-state index in [2.05, 4.69) is 0 Å². The van der Waals surface area contributed by atoms with E-state index in [1.165, 1.54) is 0 Å². The van der Waals surface area contributed by atoms with Gasteiger partial charge in [-0.05, 0) is 56.0 Å². The monoisotopic (exact) mass is 417 g/mol. The topological polar surface area (TPSA) is 59.0 Å². The molecule has 0 saturated carbocycles. The van der Waals surface area contributed by atoms with Crippen LogP contribution in [-0.2, 0) is 11.2 Å². The van der Waals surface area contributed by atoms with Gasteiger partial charge in [0.2, 0.25) is 5.91 Å². The largest absolute Gasteiger partial charge is 0.496 e. The van der Waals surface area contributed by atoms with Crippen LogP contribution < -0.4 is 9.47 Å². The molecule has 5 nitrogen and oxygen atoms in total. The summed E-state index contributed by atoms with van der Waals surface area (Å²) in [4.78, 5) is 14.5. The van der Waals surface area contributed by atoms with Gasteiger partial charge < -0.3 is 19.5 Å². The van der Waals surface area contributed by atoms with E-state index in [9.17, 15) is 9.90 Å². The zero-order valence-corrected chi connectivity index (χ0v) is 18.0. The number of piperidine rings is 1. The highest BCUT2D eigenvalue weighted by Gasteiger charge is 2.36. The number of carbonyl (C=O) groups is 1. The normalized spacial score (nSPS) is 19.1.